The van der Waals surface area contributed by atoms with Gasteiger partial charge in [0, 0.05) is 6.54 Å². The molecule has 0 aromatic heterocycles. The Morgan fingerprint density at radius 1 is 1.62 bits per heavy atom. The van der Waals surface area contributed by atoms with Crippen molar-refractivity contribution in [1.82, 2.24) is 4.90 Å². The van der Waals surface area contributed by atoms with Crippen LogP contribution in [0.15, 0.2) is 0 Å². The Balaban J connectivity index is 4.19. The molecule has 1 amide bonds. The minimum absolute atomic E-state index is 0.0904. The van der Waals surface area contributed by atoms with Crippen molar-refractivity contribution in [2.24, 2.45) is 0 Å². The van der Waals surface area contributed by atoms with Crippen molar-refractivity contribution in [3.63, 3.8) is 0 Å². The van der Waals surface area contributed by atoms with E-state index in [0.717, 1.165) is 19.4 Å². The monoisotopic (exact) mass is 245 g/mol. The molecule has 0 aromatic carbocycles. The maximum Gasteiger partial charge on any atom is 0.237 e. The summed E-state index contributed by atoms with van der Waals surface area (Å²) in [5, 5.41) is 0. The van der Waals surface area contributed by atoms with E-state index in [1.54, 1.807) is 4.90 Å². The fourth-order valence-electron chi connectivity index (χ4n) is 1.02. The number of terminal acetylenes is 1. The molecular weight excluding hydrogens is 230 g/mol. The molecule has 0 rings (SSSR count). The summed E-state index contributed by atoms with van der Waals surface area (Å²) < 4.78 is 0. The summed E-state index contributed by atoms with van der Waals surface area (Å²) in [5.74, 6) is 2.60. The van der Waals surface area contributed by atoms with Crippen molar-refractivity contribution >= 4 is 21.8 Å². The third-order valence-corrected chi connectivity index (χ3v) is 2.75. The van der Waals surface area contributed by atoms with Crippen molar-refractivity contribution in [2.45, 2.75) is 31.5 Å². The van der Waals surface area contributed by atoms with Gasteiger partial charge in [0.15, 0.2) is 0 Å². The van der Waals surface area contributed by atoms with E-state index in [9.17, 15) is 4.79 Å². The summed E-state index contributed by atoms with van der Waals surface area (Å²) in [7, 11) is 0. The van der Waals surface area contributed by atoms with Gasteiger partial charge in [-0.2, -0.15) is 0 Å². The van der Waals surface area contributed by atoms with Crippen molar-refractivity contribution < 1.29 is 4.79 Å². The first-order valence-electron chi connectivity index (χ1n) is 4.53. The molecule has 2 nitrogen and oxygen atoms in total. The number of hydrogen-bond acceptors (Lipinski definition) is 1. The zero-order chi connectivity index (χ0) is 10.3. The highest BCUT2D eigenvalue weighted by Gasteiger charge is 2.18. The Labute approximate surface area is 88.8 Å². The standard InChI is InChI=1S/C10H16BrNO/c1-4-7-12(8-5-2)10(13)9(11)6-3/h1,9H,5-8H2,2-3H3. The molecule has 0 saturated heterocycles. The van der Waals surface area contributed by atoms with E-state index < -0.39 is 0 Å². The molecule has 0 radical (unpaired) electrons. The van der Waals surface area contributed by atoms with E-state index in [4.69, 9.17) is 6.42 Å². The van der Waals surface area contributed by atoms with Gasteiger partial charge >= 0.3 is 0 Å². The number of alkyl halides is 1. The van der Waals surface area contributed by atoms with Gasteiger partial charge < -0.3 is 4.90 Å². The number of amides is 1. The molecule has 0 aliphatic carbocycles. The first-order chi connectivity index (χ1) is 6.17. The van der Waals surface area contributed by atoms with Crippen LogP contribution in [0.3, 0.4) is 0 Å². The molecule has 0 heterocycles. The van der Waals surface area contributed by atoms with Crippen LogP contribution in [0, 0.1) is 12.3 Å². The van der Waals surface area contributed by atoms with Crippen LogP contribution in [-0.4, -0.2) is 28.7 Å². The third-order valence-electron chi connectivity index (χ3n) is 1.71. The first-order valence-corrected chi connectivity index (χ1v) is 5.45. The Hall–Kier alpha value is -0.490. The highest BCUT2D eigenvalue weighted by Crippen LogP contribution is 2.09. The van der Waals surface area contributed by atoms with Gasteiger partial charge in [-0.15, -0.1) is 6.42 Å². The molecule has 13 heavy (non-hydrogen) atoms. The number of hydrogen-bond donors (Lipinski definition) is 0. The minimum Gasteiger partial charge on any atom is -0.331 e. The van der Waals surface area contributed by atoms with Gasteiger partial charge in [-0.1, -0.05) is 35.7 Å². The van der Waals surface area contributed by atoms with Gasteiger partial charge in [-0.3, -0.25) is 4.79 Å². The predicted molar refractivity (Wildman–Crippen MR) is 58.7 cm³/mol. The van der Waals surface area contributed by atoms with Gasteiger partial charge in [-0.05, 0) is 12.8 Å². The Kier molecular flexibility index (Phi) is 6.70. The number of carbonyl (C=O) groups excluding carboxylic acids is 1. The molecule has 0 fully saturated rings. The summed E-state index contributed by atoms with van der Waals surface area (Å²) in [6.07, 6.45) is 6.92. The lowest BCUT2D eigenvalue weighted by Gasteiger charge is -2.21. The molecule has 0 aromatic rings. The molecule has 3 heteroatoms. The molecular formula is C10H16BrNO. The maximum absolute atomic E-state index is 11.6. The second-order valence-electron chi connectivity index (χ2n) is 2.84. The van der Waals surface area contributed by atoms with Crippen LogP contribution in [0.25, 0.3) is 0 Å². The van der Waals surface area contributed by atoms with E-state index in [-0.39, 0.29) is 10.7 Å². The van der Waals surface area contributed by atoms with E-state index in [2.05, 4.69) is 21.9 Å². The van der Waals surface area contributed by atoms with E-state index >= 15 is 0 Å². The Bertz CT molecular complexity index is 198. The second kappa shape index (κ2) is 6.97. The molecule has 1 unspecified atom stereocenters. The lowest BCUT2D eigenvalue weighted by atomic mass is 10.3. The molecule has 0 saturated carbocycles. The summed E-state index contributed by atoms with van der Waals surface area (Å²) in [6.45, 7) is 5.16. The van der Waals surface area contributed by atoms with Gasteiger partial charge in [0.2, 0.25) is 5.91 Å². The van der Waals surface area contributed by atoms with Crippen molar-refractivity contribution in [3.8, 4) is 12.3 Å². The van der Waals surface area contributed by atoms with Crippen LogP contribution in [-0.2, 0) is 4.79 Å². The van der Waals surface area contributed by atoms with Crippen LogP contribution in [0.1, 0.15) is 26.7 Å². The maximum atomic E-state index is 11.6. The molecule has 0 N–H and O–H groups in total. The molecule has 0 aliphatic heterocycles. The molecule has 0 spiro atoms. The van der Waals surface area contributed by atoms with Crippen molar-refractivity contribution in [1.29, 1.82) is 0 Å². The molecule has 0 bridgehead atoms. The Morgan fingerprint density at radius 2 is 2.23 bits per heavy atom. The highest BCUT2D eigenvalue weighted by molar-refractivity contribution is 9.10. The summed E-state index contributed by atoms with van der Waals surface area (Å²) in [4.78, 5) is 13.3. The zero-order valence-electron chi connectivity index (χ0n) is 8.22. The summed E-state index contributed by atoms with van der Waals surface area (Å²) in [5.41, 5.74) is 0. The second-order valence-corrected chi connectivity index (χ2v) is 3.95. The topological polar surface area (TPSA) is 20.3 Å². The summed E-state index contributed by atoms with van der Waals surface area (Å²) in [6, 6.07) is 0. The number of carbonyl (C=O) groups is 1. The van der Waals surface area contributed by atoms with Crippen LogP contribution in [0.4, 0.5) is 0 Å². The van der Waals surface area contributed by atoms with Gasteiger partial charge in [0.05, 0.1) is 11.4 Å². The predicted octanol–water partition coefficient (Wildman–Crippen LogP) is 2.03. The van der Waals surface area contributed by atoms with E-state index in [0.29, 0.717) is 6.54 Å². The normalized spacial score (nSPS) is 11.8. The van der Waals surface area contributed by atoms with E-state index in [1.165, 1.54) is 0 Å². The van der Waals surface area contributed by atoms with Crippen LogP contribution < -0.4 is 0 Å². The number of rotatable bonds is 5. The first kappa shape index (κ1) is 12.5. The molecule has 0 aliphatic rings. The van der Waals surface area contributed by atoms with Crippen molar-refractivity contribution in [2.75, 3.05) is 13.1 Å². The quantitative estimate of drug-likeness (QED) is 0.537. The molecule has 1 atom stereocenters. The van der Waals surface area contributed by atoms with Gasteiger partial charge in [0.1, 0.15) is 0 Å². The lowest BCUT2D eigenvalue weighted by Crippen LogP contribution is -2.37. The third kappa shape index (κ3) is 4.33. The largest absolute Gasteiger partial charge is 0.331 e. The highest BCUT2D eigenvalue weighted by atomic mass is 79.9. The Morgan fingerprint density at radius 3 is 2.62 bits per heavy atom. The average molecular weight is 246 g/mol. The SMILES string of the molecule is C#CCN(CCC)C(=O)C(Br)CC. The number of halogens is 1. The fraction of sp³-hybridized carbons (Fsp3) is 0.700. The molecule has 74 valence electrons. The van der Waals surface area contributed by atoms with Gasteiger partial charge in [0.25, 0.3) is 0 Å². The van der Waals surface area contributed by atoms with Gasteiger partial charge in [-0.25, -0.2) is 0 Å². The van der Waals surface area contributed by atoms with Crippen molar-refractivity contribution in [3.05, 3.63) is 0 Å². The van der Waals surface area contributed by atoms with Crippen LogP contribution in [0.2, 0.25) is 0 Å². The smallest absolute Gasteiger partial charge is 0.237 e. The van der Waals surface area contributed by atoms with Crippen LogP contribution in [0.5, 0.6) is 0 Å². The minimum atomic E-state index is -0.0904. The lowest BCUT2D eigenvalue weighted by molar-refractivity contribution is -0.129. The summed E-state index contributed by atoms with van der Waals surface area (Å²) >= 11 is 3.32. The fourth-order valence-corrected chi connectivity index (χ4v) is 1.31. The number of nitrogens with zero attached hydrogens (tertiary/aromatic N) is 1. The average Bonchev–Trinajstić information content (AvgIpc) is 2.15. The van der Waals surface area contributed by atoms with Crippen LogP contribution >= 0.6 is 15.9 Å². The zero-order valence-corrected chi connectivity index (χ0v) is 9.80. The van der Waals surface area contributed by atoms with E-state index in [1.807, 2.05) is 13.8 Å².